The van der Waals surface area contributed by atoms with Crippen LogP contribution in [0.25, 0.3) is 0 Å². The van der Waals surface area contributed by atoms with Crippen LogP contribution in [0.2, 0.25) is 0 Å². The molecule has 0 bridgehead atoms. The SMILES string of the molecule is CC1=NN(c2ccccc2)C(=O)C12Nc1ccccc1C2(C)c1ccccc1. The topological polar surface area (TPSA) is 44.7 Å². The summed E-state index contributed by atoms with van der Waals surface area (Å²) in [7, 11) is 0. The van der Waals surface area contributed by atoms with Gasteiger partial charge in [0.25, 0.3) is 5.91 Å². The zero-order valence-electron chi connectivity index (χ0n) is 15.9. The molecule has 0 aromatic heterocycles. The smallest absolute Gasteiger partial charge is 0.280 e. The third kappa shape index (κ3) is 1.95. The lowest BCUT2D eigenvalue weighted by molar-refractivity contribution is -0.121. The fraction of sp³-hybridized carbons (Fsp3) is 0.167. The van der Waals surface area contributed by atoms with Crippen molar-refractivity contribution in [3.63, 3.8) is 0 Å². The quantitative estimate of drug-likeness (QED) is 0.721. The Hall–Kier alpha value is -3.40. The van der Waals surface area contributed by atoms with Gasteiger partial charge in [0.15, 0.2) is 5.54 Å². The van der Waals surface area contributed by atoms with E-state index < -0.39 is 11.0 Å². The van der Waals surface area contributed by atoms with E-state index in [1.807, 2.05) is 73.7 Å². The van der Waals surface area contributed by atoms with Crippen molar-refractivity contribution in [3.8, 4) is 0 Å². The van der Waals surface area contributed by atoms with E-state index in [9.17, 15) is 4.79 Å². The number of rotatable bonds is 2. The summed E-state index contributed by atoms with van der Waals surface area (Å²) >= 11 is 0. The third-order valence-electron chi connectivity index (χ3n) is 6.20. The maximum Gasteiger partial charge on any atom is 0.280 e. The van der Waals surface area contributed by atoms with Crippen molar-refractivity contribution in [2.24, 2.45) is 5.10 Å². The molecule has 2 aliphatic heterocycles. The molecule has 1 N–H and O–H groups in total. The molecule has 0 fully saturated rings. The van der Waals surface area contributed by atoms with E-state index in [0.29, 0.717) is 0 Å². The molecule has 5 rings (SSSR count). The summed E-state index contributed by atoms with van der Waals surface area (Å²) in [6.45, 7) is 4.09. The number of nitrogens with zero attached hydrogens (tertiary/aromatic N) is 2. The number of hydrogen-bond donors (Lipinski definition) is 1. The number of carbonyl (C=O) groups excluding carboxylic acids is 1. The second-order valence-corrected chi connectivity index (χ2v) is 7.55. The van der Waals surface area contributed by atoms with E-state index in [0.717, 1.165) is 28.2 Å². The van der Waals surface area contributed by atoms with Gasteiger partial charge in [-0.2, -0.15) is 10.1 Å². The van der Waals surface area contributed by atoms with Gasteiger partial charge in [0.05, 0.1) is 16.8 Å². The summed E-state index contributed by atoms with van der Waals surface area (Å²) in [5, 5.41) is 9.83. The van der Waals surface area contributed by atoms with E-state index in [4.69, 9.17) is 5.10 Å². The van der Waals surface area contributed by atoms with Crippen molar-refractivity contribution in [3.05, 3.63) is 96.1 Å². The maximum atomic E-state index is 13.9. The van der Waals surface area contributed by atoms with Crippen LogP contribution >= 0.6 is 0 Å². The molecule has 0 saturated carbocycles. The molecule has 2 heterocycles. The van der Waals surface area contributed by atoms with E-state index in [-0.39, 0.29) is 5.91 Å². The number of para-hydroxylation sites is 2. The minimum absolute atomic E-state index is 0.0567. The Morgan fingerprint density at radius 3 is 2.18 bits per heavy atom. The molecule has 1 amide bonds. The fourth-order valence-electron chi connectivity index (χ4n) is 4.75. The zero-order chi connectivity index (χ0) is 19.4. The molecular weight excluding hydrogens is 346 g/mol. The molecule has 4 heteroatoms. The molecule has 28 heavy (non-hydrogen) atoms. The Labute approximate surface area is 164 Å². The van der Waals surface area contributed by atoms with Gasteiger partial charge in [-0.1, -0.05) is 66.7 Å². The Morgan fingerprint density at radius 1 is 0.857 bits per heavy atom. The monoisotopic (exact) mass is 367 g/mol. The number of carbonyl (C=O) groups is 1. The molecule has 2 atom stereocenters. The van der Waals surface area contributed by atoms with Gasteiger partial charge in [-0.15, -0.1) is 0 Å². The van der Waals surface area contributed by atoms with Gasteiger partial charge < -0.3 is 5.32 Å². The van der Waals surface area contributed by atoms with E-state index in [1.165, 1.54) is 5.01 Å². The molecular formula is C24H21N3O. The zero-order valence-corrected chi connectivity index (χ0v) is 15.9. The summed E-state index contributed by atoms with van der Waals surface area (Å²) in [6, 6.07) is 28.0. The normalized spacial score (nSPS) is 25.6. The third-order valence-corrected chi connectivity index (χ3v) is 6.20. The highest BCUT2D eigenvalue weighted by Gasteiger charge is 2.66. The van der Waals surface area contributed by atoms with Crippen LogP contribution in [0.15, 0.2) is 90.0 Å². The highest BCUT2D eigenvalue weighted by molar-refractivity contribution is 6.27. The molecule has 3 aromatic rings. The van der Waals surface area contributed by atoms with Crippen molar-refractivity contribution in [1.29, 1.82) is 0 Å². The highest BCUT2D eigenvalue weighted by Crippen LogP contribution is 2.54. The first-order valence-electron chi connectivity index (χ1n) is 9.47. The molecule has 0 radical (unpaired) electrons. The fourth-order valence-corrected chi connectivity index (χ4v) is 4.75. The first-order valence-corrected chi connectivity index (χ1v) is 9.47. The van der Waals surface area contributed by atoms with Crippen molar-refractivity contribution >= 4 is 23.0 Å². The second-order valence-electron chi connectivity index (χ2n) is 7.55. The molecule has 0 aliphatic carbocycles. The second kappa shape index (κ2) is 5.80. The molecule has 4 nitrogen and oxygen atoms in total. The molecule has 0 saturated heterocycles. The molecule has 138 valence electrons. The van der Waals surface area contributed by atoms with Gasteiger partial charge in [0, 0.05) is 5.69 Å². The predicted molar refractivity (Wildman–Crippen MR) is 113 cm³/mol. The number of benzene rings is 3. The molecule has 2 unspecified atom stereocenters. The van der Waals surface area contributed by atoms with Crippen LogP contribution in [0.4, 0.5) is 11.4 Å². The molecule has 2 aliphatic rings. The van der Waals surface area contributed by atoms with Crippen molar-refractivity contribution < 1.29 is 4.79 Å². The number of anilines is 2. The maximum absolute atomic E-state index is 13.9. The number of nitrogens with one attached hydrogen (secondary N) is 1. The summed E-state index contributed by atoms with van der Waals surface area (Å²) in [4.78, 5) is 13.9. The lowest BCUT2D eigenvalue weighted by Gasteiger charge is -2.40. The highest BCUT2D eigenvalue weighted by atomic mass is 16.2. The van der Waals surface area contributed by atoms with Gasteiger partial charge >= 0.3 is 0 Å². The number of hydrazone groups is 1. The molecule has 3 aromatic carbocycles. The lowest BCUT2D eigenvalue weighted by Crippen LogP contribution is -2.61. The van der Waals surface area contributed by atoms with Gasteiger partial charge in [-0.05, 0) is 43.2 Å². The lowest BCUT2D eigenvalue weighted by atomic mass is 9.63. The summed E-state index contributed by atoms with van der Waals surface area (Å²) < 4.78 is 0. The Balaban J connectivity index is 1.75. The van der Waals surface area contributed by atoms with E-state index >= 15 is 0 Å². The molecule has 1 spiro atoms. The average Bonchev–Trinajstić information content (AvgIpc) is 3.17. The number of amides is 1. The Kier molecular flexibility index (Phi) is 3.47. The van der Waals surface area contributed by atoms with Gasteiger partial charge in [0.2, 0.25) is 0 Å². The Bertz CT molecular complexity index is 1090. The Morgan fingerprint density at radius 2 is 1.46 bits per heavy atom. The van der Waals surface area contributed by atoms with Crippen LogP contribution in [0, 0.1) is 0 Å². The van der Waals surface area contributed by atoms with Crippen molar-refractivity contribution in [2.45, 2.75) is 24.8 Å². The predicted octanol–water partition coefficient (Wildman–Crippen LogP) is 4.58. The summed E-state index contributed by atoms with van der Waals surface area (Å²) in [6.07, 6.45) is 0. The van der Waals surface area contributed by atoms with Crippen LogP contribution in [0.3, 0.4) is 0 Å². The van der Waals surface area contributed by atoms with E-state index in [2.05, 4.69) is 30.4 Å². The first kappa shape index (κ1) is 16.8. The van der Waals surface area contributed by atoms with Crippen LogP contribution in [-0.4, -0.2) is 17.2 Å². The summed E-state index contributed by atoms with van der Waals surface area (Å²) in [5.74, 6) is -0.0567. The summed E-state index contributed by atoms with van der Waals surface area (Å²) in [5.41, 5.74) is 3.17. The van der Waals surface area contributed by atoms with Crippen LogP contribution in [0.1, 0.15) is 25.0 Å². The van der Waals surface area contributed by atoms with E-state index in [1.54, 1.807) is 0 Å². The minimum atomic E-state index is -0.964. The van der Waals surface area contributed by atoms with Crippen molar-refractivity contribution in [1.82, 2.24) is 0 Å². The van der Waals surface area contributed by atoms with Crippen LogP contribution in [0.5, 0.6) is 0 Å². The van der Waals surface area contributed by atoms with Gasteiger partial charge in [0.1, 0.15) is 0 Å². The van der Waals surface area contributed by atoms with Crippen molar-refractivity contribution in [2.75, 3.05) is 10.3 Å². The standard InChI is InChI=1S/C24H21N3O/c1-17-24(22(28)27(26-17)19-13-7-4-8-14-19)23(2,18-11-5-3-6-12-18)20-15-9-10-16-21(20)25-24/h3-16,25H,1-2H3. The largest absolute Gasteiger partial charge is 0.365 e. The van der Waals surface area contributed by atoms with Crippen LogP contribution < -0.4 is 10.3 Å². The van der Waals surface area contributed by atoms with Gasteiger partial charge in [-0.25, -0.2) is 0 Å². The van der Waals surface area contributed by atoms with Gasteiger partial charge in [-0.3, -0.25) is 4.79 Å². The average molecular weight is 367 g/mol. The number of fused-ring (bicyclic) bond motifs is 1. The first-order chi connectivity index (χ1) is 13.6. The minimum Gasteiger partial charge on any atom is -0.365 e. The number of hydrogen-bond acceptors (Lipinski definition) is 3. The van der Waals surface area contributed by atoms with Crippen LogP contribution in [-0.2, 0) is 10.2 Å².